The van der Waals surface area contributed by atoms with Crippen molar-refractivity contribution in [1.29, 1.82) is 0 Å². The van der Waals surface area contributed by atoms with Crippen LogP contribution in [0.1, 0.15) is 5.56 Å². The highest BCUT2D eigenvalue weighted by Crippen LogP contribution is 2.31. The van der Waals surface area contributed by atoms with Crippen LogP contribution in [0, 0.1) is 0 Å². The van der Waals surface area contributed by atoms with Crippen LogP contribution in [0.4, 0.5) is 28.8 Å². The number of oxazole rings is 1. The van der Waals surface area contributed by atoms with Gasteiger partial charge >= 0.3 is 0 Å². The smallest absolute Gasteiger partial charge is 0.229 e. The number of nitrogens with zero attached hydrogens (tertiary/aromatic N) is 5. The second-order valence-electron chi connectivity index (χ2n) is 6.38. The molecule has 0 unspecified atom stereocenters. The Bertz CT molecular complexity index is 1160. The molecule has 0 atom stereocenters. The van der Waals surface area contributed by atoms with Crippen molar-refractivity contribution in [3.8, 4) is 11.3 Å². The van der Waals surface area contributed by atoms with Gasteiger partial charge in [0.1, 0.15) is 5.69 Å². The van der Waals surface area contributed by atoms with E-state index in [1.54, 1.807) is 12.4 Å². The summed E-state index contributed by atoms with van der Waals surface area (Å²) < 4.78 is 5.35. The molecular weight excluding hydrogens is 380 g/mol. The van der Waals surface area contributed by atoms with Crippen LogP contribution >= 0.6 is 0 Å². The molecule has 5 N–H and O–H groups in total. The highest BCUT2D eigenvalue weighted by Gasteiger charge is 2.14. The van der Waals surface area contributed by atoms with Gasteiger partial charge in [0.25, 0.3) is 0 Å². The molecule has 150 valence electrons. The standard InChI is InChI=1S/C21H20N8O/c1-24-18-11-26-21(27-16-6-3-5-15(9-16)19-12-25-13-30-19)28-20(18)29(23)17-7-2-4-14(8-17)10-22/h2-9,11-13H,1,10,22-23H2,(H,26,27,28). The van der Waals surface area contributed by atoms with Gasteiger partial charge in [0.2, 0.25) is 5.95 Å². The minimum Gasteiger partial charge on any atom is -0.444 e. The number of anilines is 4. The van der Waals surface area contributed by atoms with Gasteiger partial charge in [0.05, 0.1) is 18.1 Å². The second kappa shape index (κ2) is 8.52. The Kier molecular flexibility index (Phi) is 5.46. The van der Waals surface area contributed by atoms with Crippen LogP contribution in [0.25, 0.3) is 11.3 Å². The fraction of sp³-hybridized carbons (Fsp3) is 0.0476. The van der Waals surface area contributed by atoms with E-state index in [1.807, 2.05) is 48.5 Å². The van der Waals surface area contributed by atoms with E-state index in [2.05, 4.69) is 32.0 Å². The number of hydrazine groups is 1. The maximum Gasteiger partial charge on any atom is 0.229 e. The molecule has 4 aromatic rings. The van der Waals surface area contributed by atoms with Crippen molar-refractivity contribution < 1.29 is 4.42 Å². The van der Waals surface area contributed by atoms with Gasteiger partial charge in [-0.05, 0) is 36.5 Å². The maximum absolute atomic E-state index is 6.33. The largest absolute Gasteiger partial charge is 0.444 e. The van der Waals surface area contributed by atoms with Gasteiger partial charge in [-0.2, -0.15) is 4.98 Å². The Hall–Kier alpha value is -4.08. The zero-order chi connectivity index (χ0) is 20.9. The Labute approximate surface area is 173 Å². The van der Waals surface area contributed by atoms with Crippen LogP contribution in [0.2, 0.25) is 0 Å². The van der Waals surface area contributed by atoms with Crippen molar-refractivity contribution in [3.05, 3.63) is 72.9 Å². The Morgan fingerprint density at radius 2 is 2.00 bits per heavy atom. The van der Waals surface area contributed by atoms with Crippen molar-refractivity contribution in [1.82, 2.24) is 15.0 Å². The van der Waals surface area contributed by atoms with Crippen molar-refractivity contribution in [2.45, 2.75) is 6.54 Å². The van der Waals surface area contributed by atoms with Crippen LogP contribution in [0.15, 0.2) is 76.7 Å². The molecule has 2 heterocycles. The van der Waals surface area contributed by atoms with Crippen molar-refractivity contribution >= 4 is 35.5 Å². The van der Waals surface area contributed by atoms with Crippen LogP contribution in [-0.2, 0) is 6.54 Å². The van der Waals surface area contributed by atoms with E-state index in [1.165, 1.54) is 11.4 Å². The summed E-state index contributed by atoms with van der Waals surface area (Å²) in [4.78, 5) is 16.8. The van der Waals surface area contributed by atoms with Gasteiger partial charge in [-0.1, -0.05) is 24.3 Å². The quantitative estimate of drug-likeness (QED) is 0.243. The average molecular weight is 400 g/mol. The lowest BCUT2D eigenvalue weighted by Crippen LogP contribution is -2.26. The molecule has 0 saturated heterocycles. The first kappa shape index (κ1) is 19.2. The van der Waals surface area contributed by atoms with E-state index < -0.39 is 0 Å². The van der Waals surface area contributed by atoms with E-state index in [9.17, 15) is 0 Å². The van der Waals surface area contributed by atoms with Crippen LogP contribution in [-0.4, -0.2) is 21.7 Å². The zero-order valence-electron chi connectivity index (χ0n) is 16.1. The van der Waals surface area contributed by atoms with Gasteiger partial charge in [0.15, 0.2) is 18.0 Å². The molecule has 0 fully saturated rings. The number of aromatic nitrogens is 3. The average Bonchev–Trinajstić information content (AvgIpc) is 3.34. The van der Waals surface area contributed by atoms with Crippen LogP contribution < -0.4 is 21.9 Å². The minimum atomic E-state index is 0.359. The number of hydrogen-bond acceptors (Lipinski definition) is 9. The Morgan fingerprint density at radius 1 is 1.13 bits per heavy atom. The number of nitrogens with two attached hydrogens (primary N) is 2. The monoisotopic (exact) mass is 400 g/mol. The molecule has 0 spiro atoms. The molecule has 2 aromatic heterocycles. The SMILES string of the molecule is C=Nc1cnc(Nc2cccc(-c3cnco3)c2)nc1N(N)c1cccc(CN)c1. The summed E-state index contributed by atoms with van der Waals surface area (Å²) in [6, 6.07) is 15.2. The van der Waals surface area contributed by atoms with Gasteiger partial charge < -0.3 is 15.5 Å². The highest BCUT2D eigenvalue weighted by atomic mass is 16.3. The molecule has 9 heteroatoms. The third kappa shape index (κ3) is 4.02. The van der Waals surface area contributed by atoms with Gasteiger partial charge in [0, 0.05) is 17.8 Å². The van der Waals surface area contributed by atoms with Gasteiger partial charge in [-0.15, -0.1) is 0 Å². The molecule has 4 rings (SSSR count). The lowest BCUT2D eigenvalue weighted by molar-refractivity contribution is 0.572. The maximum atomic E-state index is 6.33. The normalized spacial score (nSPS) is 10.6. The van der Waals surface area contributed by atoms with E-state index in [0.717, 1.165) is 22.5 Å². The first-order chi connectivity index (χ1) is 14.7. The topological polar surface area (TPSA) is 131 Å². The first-order valence-electron chi connectivity index (χ1n) is 9.11. The van der Waals surface area contributed by atoms with E-state index >= 15 is 0 Å². The Morgan fingerprint density at radius 3 is 2.77 bits per heavy atom. The summed E-state index contributed by atoms with van der Waals surface area (Å²) in [7, 11) is 0. The molecule has 0 aliphatic carbocycles. The van der Waals surface area contributed by atoms with Crippen molar-refractivity contribution in [2.24, 2.45) is 16.6 Å². The molecule has 0 aliphatic heterocycles. The molecule has 0 amide bonds. The predicted molar refractivity (Wildman–Crippen MR) is 117 cm³/mol. The summed E-state index contributed by atoms with van der Waals surface area (Å²) in [5.74, 6) is 7.76. The summed E-state index contributed by atoms with van der Waals surface area (Å²) in [6.07, 6.45) is 4.60. The molecule has 30 heavy (non-hydrogen) atoms. The fourth-order valence-electron chi connectivity index (χ4n) is 2.91. The summed E-state index contributed by atoms with van der Waals surface area (Å²) in [6.45, 7) is 4.00. The van der Waals surface area contributed by atoms with E-state index in [4.69, 9.17) is 16.0 Å². The molecule has 9 nitrogen and oxygen atoms in total. The predicted octanol–water partition coefficient (Wildman–Crippen LogP) is 3.68. The molecule has 0 aliphatic rings. The summed E-state index contributed by atoms with van der Waals surface area (Å²) in [5, 5.41) is 4.61. The Balaban J connectivity index is 1.64. The first-order valence-corrected chi connectivity index (χ1v) is 9.11. The number of hydrogen-bond donors (Lipinski definition) is 3. The van der Waals surface area contributed by atoms with Crippen molar-refractivity contribution in [2.75, 3.05) is 10.3 Å². The molecule has 0 radical (unpaired) electrons. The number of rotatable bonds is 7. The third-order valence-electron chi connectivity index (χ3n) is 4.41. The number of nitrogens with one attached hydrogen (secondary N) is 1. The van der Waals surface area contributed by atoms with E-state index in [-0.39, 0.29) is 0 Å². The van der Waals surface area contributed by atoms with Crippen LogP contribution in [0.5, 0.6) is 0 Å². The molecule has 2 aromatic carbocycles. The van der Waals surface area contributed by atoms with E-state index in [0.29, 0.717) is 29.8 Å². The molecular formula is C21H20N8O. The van der Waals surface area contributed by atoms with Crippen LogP contribution in [0.3, 0.4) is 0 Å². The second-order valence-corrected chi connectivity index (χ2v) is 6.38. The minimum absolute atomic E-state index is 0.359. The number of aliphatic imine (C=N–C) groups is 1. The number of benzene rings is 2. The fourth-order valence-corrected chi connectivity index (χ4v) is 2.91. The lowest BCUT2D eigenvalue weighted by Gasteiger charge is -2.20. The summed E-state index contributed by atoms with van der Waals surface area (Å²) >= 11 is 0. The molecule has 0 saturated carbocycles. The molecule has 0 bridgehead atoms. The third-order valence-corrected chi connectivity index (χ3v) is 4.41. The lowest BCUT2D eigenvalue weighted by atomic mass is 10.1. The van der Waals surface area contributed by atoms with Gasteiger partial charge in [-0.25, -0.2) is 15.8 Å². The zero-order valence-corrected chi connectivity index (χ0v) is 16.1. The van der Waals surface area contributed by atoms with Gasteiger partial charge in [-0.3, -0.25) is 10.0 Å². The van der Waals surface area contributed by atoms with Crippen molar-refractivity contribution in [3.63, 3.8) is 0 Å². The summed E-state index contributed by atoms with van der Waals surface area (Å²) in [5.41, 5.74) is 9.52. The highest BCUT2D eigenvalue weighted by molar-refractivity contribution is 5.73.